The monoisotopic (exact) mass is 428 g/mol. The fourth-order valence-electron chi connectivity index (χ4n) is 3.99. The average molecular weight is 429 g/mol. The van der Waals surface area contributed by atoms with E-state index < -0.39 is 0 Å². The molecule has 1 fully saturated rings. The van der Waals surface area contributed by atoms with Gasteiger partial charge in [0.2, 0.25) is 0 Å². The molecule has 0 amide bonds. The Hall–Kier alpha value is -2.15. The SMILES string of the molecule is Cc1ccc(Cl)cc1N1CCN(CCCn2c(=S)[nH]c3ccccc3c2=O)CC1. The predicted octanol–water partition coefficient (Wildman–Crippen LogP) is 4.23. The zero-order valence-corrected chi connectivity index (χ0v) is 18.1. The summed E-state index contributed by atoms with van der Waals surface area (Å²) < 4.78 is 2.18. The smallest absolute Gasteiger partial charge is 0.262 e. The van der Waals surface area contributed by atoms with Gasteiger partial charge in [0.25, 0.3) is 5.56 Å². The number of benzene rings is 2. The number of nitrogens with one attached hydrogen (secondary N) is 1. The van der Waals surface area contributed by atoms with E-state index in [2.05, 4.69) is 33.8 Å². The standard InChI is InChI=1S/C22H25ClN4OS/c1-16-7-8-17(23)15-20(16)26-13-11-25(12-14-26)9-4-10-27-21(28)18-5-2-3-6-19(18)24-22(27)29/h2-3,5-8,15H,4,9-14H2,1H3,(H,24,29). The van der Waals surface area contributed by atoms with E-state index in [1.54, 1.807) is 4.57 Å². The van der Waals surface area contributed by atoms with Crippen LogP contribution in [0, 0.1) is 11.7 Å². The van der Waals surface area contributed by atoms with Crippen LogP contribution in [0.4, 0.5) is 5.69 Å². The fraction of sp³-hybridized carbons (Fsp3) is 0.364. The molecule has 1 aromatic heterocycles. The maximum Gasteiger partial charge on any atom is 0.262 e. The summed E-state index contributed by atoms with van der Waals surface area (Å²) in [7, 11) is 0. The van der Waals surface area contributed by atoms with Crippen molar-refractivity contribution < 1.29 is 0 Å². The van der Waals surface area contributed by atoms with E-state index in [9.17, 15) is 4.79 Å². The first-order valence-electron chi connectivity index (χ1n) is 9.98. The lowest BCUT2D eigenvalue weighted by Gasteiger charge is -2.37. The van der Waals surface area contributed by atoms with Gasteiger partial charge in [0.1, 0.15) is 0 Å². The highest BCUT2D eigenvalue weighted by atomic mass is 35.5. The molecule has 0 spiro atoms. The van der Waals surface area contributed by atoms with Crippen molar-refractivity contribution in [2.75, 3.05) is 37.6 Å². The molecule has 1 aliphatic rings. The van der Waals surface area contributed by atoms with Gasteiger partial charge in [-0.2, -0.15) is 0 Å². The molecule has 2 aromatic carbocycles. The zero-order valence-electron chi connectivity index (χ0n) is 16.5. The van der Waals surface area contributed by atoms with E-state index in [-0.39, 0.29) is 5.56 Å². The molecule has 7 heteroatoms. The van der Waals surface area contributed by atoms with Crippen LogP contribution in [-0.2, 0) is 6.54 Å². The second kappa shape index (κ2) is 8.69. The summed E-state index contributed by atoms with van der Waals surface area (Å²) in [6, 6.07) is 13.6. The van der Waals surface area contributed by atoms with E-state index in [1.807, 2.05) is 30.3 Å². The predicted molar refractivity (Wildman–Crippen MR) is 123 cm³/mol. The highest BCUT2D eigenvalue weighted by Crippen LogP contribution is 2.25. The number of fused-ring (bicyclic) bond motifs is 1. The number of hydrogen-bond acceptors (Lipinski definition) is 4. The molecule has 29 heavy (non-hydrogen) atoms. The summed E-state index contributed by atoms with van der Waals surface area (Å²) in [6.45, 7) is 7.69. The van der Waals surface area contributed by atoms with Crippen LogP contribution in [0.15, 0.2) is 47.3 Å². The largest absolute Gasteiger partial charge is 0.369 e. The summed E-state index contributed by atoms with van der Waals surface area (Å²) >= 11 is 11.6. The molecule has 0 atom stereocenters. The Labute approximate surface area is 180 Å². The number of aryl methyl sites for hydroxylation is 1. The van der Waals surface area contributed by atoms with Gasteiger partial charge in [0, 0.05) is 43.4 Å². The number of anilines is 1. The van der Waals surface area contributed by atoms with Gasteiger partial charge in [-0.05, 0) is 61.9 Å². The maximum atomic E-state index is 12.7. The molecule has 152 valence electrons. The molecule has 3 aromatic rings. The van der Waals surface area contributed by atoms with Crippen molar-refractivity contribution in [2.24, 2.45) is 0 Å². The second-order valence-corrected chi connectivity index (χ2v) is 8.37. The minimum absolute atomic E-state index is 0.00870. The van der Waals surface area contributed by atoms with Crippen LogP contribution in [0.1, 0.15) is 12.0 Å². The van der Waals surface area contributed by atoms with E-state index in [0.717, 1.165) is 49.7 Å². The molecular formula is C22H25ClN4OS. The van der Waals surface area contributed by atoms with E-state index >= 15 is 0 Å². The first kappa shape index (κ1) is 20.1. The summed E-state index contributed by atoms with van der Waals surface area (Å²) in [5, 5.41) is 1.47. The molecule has 5 nitrogen and oxygen atoms in total. The van der Waals surface area contributed by atoms with Crippen molar-refractivity contribution in [1.82, 2.24) is 14.5 Å². The quantitative estimate of drug-likeness (QED) is 0.617. The molecule has 4 rings (SSSR count). The Morgan fingerprint density at radius 1 is 1.07 bits per heavy atom. The number of halogens is 1. The number of aromatic nitrogens is 2. The summed E-state index contributed by atoms with van der Waals surface area (Å²) in [5.74, 6) is 0. The molecule has 0 radical (unpaired) electrons. The third-order valence-corrected chi connectivity index (χ3v) is 6.19. The first-order valence-corrected chi connectivity index (χ1v) is 10.8. The minimum atomic E-state index is -0.00870. The van der Waals surface area contributed by atoms with Crippen LogP contribution in [0.5, 0.6) is 0 Å². The number of para-hydroxylation sites is 1. The molecule has 0 bridgehead atoms. The van der Waals surface area contributed by atoms with E-state index in [1.165, 1.54) is 11.3 Å². The highest BCUT2D eigenvalue weighted by molar-refractivity contribution is 7.71. The number of piperazine rings is 1. The van der Waals surface area contributed by atoms with Gasteiger partial charge in [0.15, 0.2) is 4.77 Å². The minimum Gasteiger partial charge on any atom is -0.369 e. The molecule has 0 aliphatic carbocycles. The van der Waals surface area contributed by atoms with Gasteiger partial charge in [0.05, 0.1) is 10.9 Å². The van der Waals surface area contributed by atoms with Gasteiger partial charge >= 0.3 is 0 Å². The molecular weight excluding hydrogens is 404 g/mol. The fourth-order valence-corrected chi connectivity index (χ4v) is 4.44. The lowest BCUT2D eigenvalue weighted by atomic mass is 10.1. The Kier molecular flexibility index (Phi) is 6.04. The lowest BCUT2D eigenvalue weighted by molar-refractivity contribution is 0.250. The van der Waals surface area contributed by atoms with E-state index in [0.29, 0.717) is 16.7 Å². The zero-order chi connectivity index (χ0) is 20.4. The second-order valence-electron chi connectivity index (χ2n) is 7.55. The maximum absolute atomic E-state index is 12.7. The Morgan fingerprint density at radius 3 is 2.62 bits per heavy atom. The molecule has 1 saturated heterocycles. The lowest BCUT2D eigenvalue weighted by Crippen LogP contribution is -2.47. The van der Waals surface area contributed by atoms with Crippen LogP contribution in [0.2, 0.25) is 5.02 Å². The Balaban J connectivity index is 1.35. The van der Waals surface area contributed by atoms with Crippen LogP contribution in [0.25, 0.3) is 10.9 Å². The molecule has 0 saturated carbocycles. The normalized spacial score (nSPS) is 15.2. The third kappa shape index (κ3) is 4.39. The van der Waals surface area contributed by atoms with Crippen LogP contribution in [0.3, 0.4) is 0 Å². The van der Waals surface area contributed by atoms with Gasteiger partial charge < -0.3 is 9.88 Å². The van der Waals surface area contributed by atoms with Crippen molar-refractivity contribution in [2.45, 2.75) is 19.9 Å². The van der Waals surface area contributed by atoms with Crippen molar-refractivity contribution in [3.05, 3.63) is 68.2 Å². The molecule has 1 N–H and O–H groups in total. The summed E-state index contributed by atoms with van der Waals surface area (Å²) in [6.07, 6.45) is 0.895. The Bertz CT molecular complexity index is 1130. The van der Waals surface area contributed by atoms with Crippen molar-refractivity contribution in [3.63, 3.8) is 0 Å². The molecule has 2 heterocycles. The number of H-pyrrole nitrogens is 1. The van der Waals surface area contributed by atoms with Gasteiger partial charge in [-0.15, -0.1) is 0 Å². The highest BCUT2D eigenvalue weighted by Gasteiger charge is 2.18. The number of rotatable bonds is 5. The van der Waals surface area contributed by atoms with Crippen molar-refractivity contribution >= 4 is 40.4 Å². The van der Waals surface area contributed by atoms with Crippen molar-refractivity contribution in [3.8, 4) is 0 Å². The van der Waals surface area contributed by atoms with Gasteiger partial charge in [-0.3, -0.25) is 14.3 Å². The van der Waals surface area contributed by atoms with E-state index in [4.69, 9.17) is 23.8 Å². The molecule has 1 aliphatic heterocycles. The average Bonchev–Trinajstić information content (AvgIpc) is 2.73. The van der Waals surface area contributed by atoms with Crippen LogP contribution < -0.4 is 10.5 Å². The topological polar surface area (TPSA) is 44.3 Å². The van der Waals surface area contributed by atoms with Crippen molar-refractivity contribution in [1.29, 1.82) is 0 Å². The van der Waals surface area contributed by atoms with Gasteiger partial charge in [-0.25, -0.2) is 0 Å². The van der Waals surface area contributed by atoms with Crippen LogP contribution in [-0.4, -0.2) is 47.2 Å². The van der Waals surface area contributed by atoms with Gasteiger partial charge in [-0.1, -0.05) is 29.8 Å². The summed E-state index contributed by atoms with van der Waals surface area (Å²) in [4.78, 5) is 20.8. The third-order valence-electron chi connectivity index (χ3n) is 5.63. The van der Waals surface area contributed by atoms with Crippen LogP contribution >= 0.6 is 23.8 Å². The molecule has 0 unspecified atom stereocenters. The number of nitrogens with zero attached hydrogens (tertiary/aromatic N) is 3. The first-order chi connectivity index (χ1) is 14.0. The summed E-state index contributed by atoms with van der Waals surface area (Å²) in [5.41, 5.74) is 3.27. The number of aromatic amines is 1. The number of hydrogen-bond donors (Lipinski definition) is 1. The Morgan fingerprint density at radius 2 is 1.83 bits per heavy atom.